The number of nitrogens with zero attached hydrogens (tertiary/aromatic N) is 2. The molecule has 1 heterocycles. The summed E-state index contributed by atoms with van der Waals surface area (Å²) < 4.78 is 52.0. The van der Waals surface area contributed by atoms with Crippen molar-refractivity contribution < 1.29 is 16.8 Å². The van der Waals surface area contributed by atoms with Crippen LogP contribution in [0.25, 0.3) is 11.0 Å². The van der Waals surface area contributed by atoms with E-state index < -0.39 is 20.0 Å². The minimum atomic E-state index is -3.89. The lowest BCUT2D eigenvalue weighted by atomic mass is 9.97. The number of nitrogens with one attached hydrogen (secondary N) is 2. The van der Waals surface area contributed by atoms with Crippen LogP contribution in [0.2, 0.25) is 0 Å². The van der Waals surface area contributed by atoms with E-state index in [2.05, 4.69) is 20.0 Å². The first-order valence-electron chi connectivity index (χ1n) is 10.1. The van der Waals surface area contributed by atoms with Crippen LogP contribution in [-0.4, -0.2) is 26.8 Å². The zero-order valence-electron chi connectivity index (χ0n) is 18.0. The molecule has 0 radical (unpaired) electrons. The Morgan fingerprint density at radius 2 is 1.52 bits per heavy atom. The number of hydrogen-bond donors (Lipinski definition) is 3. The summed E-state index contributed by atoms with van der Waals surface area (Å²) in [5.41, 5.74) is 2.67. The SMILES string of the molecule is CC1=CC=C(S(=O)(=O)Nc2nc3ccccc3nc2Nc2ccc(S(N)(=O)=O)cc2)C(C)C1. The Bertz CT molecular complexity index is 1500. The molecular formula is C22H23N5O4S2. The lowest BCUT2D eigenvalue weighted by Crippen LogP contribution is -2.22. The molecule has 9 nitrogen and oxygen atoms in total. The van der Waals surface area contributed by atoms with Crippen LogP contribution in [0.3, 0.4) is 0 Å². The van der Waals surface area contributed by atoms with E-state index >= 15 is 0 Å². The number of hydrogen-bond acceptors (Lipinski definition) is 7. The number of para-hydroxylation sites is 2. The van der Waals surface area contributed by atoms with Gasteiger partial charge in [0.05, 0.1) is 20.8 Å². The van der Waals surface area contributed by atoms with E-state index in [1.165, 1.54) is 24.3 Å². The van der Waals surface area contributed by atoms with Crippen molar-refractivity contribution in [1.82, 2.24) is 9.97 Å². The highest BCUT2D eigenvalue weighted by Crippen LogP contribution is 2.32. The van der Waals surface area contributed by atoms with Gasteiger partial charge in [0, 0.05) is 5.69 Å². The first-order chi connectivity index (χ1) is 15.5. The monoisotopic (exact) mass is 485 g/mol. The average Bonchev–Trinajstić information content (AvgIpc) is 2.73. The summed E-state index contributed by atoms with van der Waals surface area (Å²) >= 11 is 0. The highest BCUT2D eigenvalue weighted by Gasteiger charge is 2.27. The van der Waals surface area contributed by atoms with Gasteiger partial charge in [-0.05, 0) is 61.7 Å². The third-order valence-electron chi connectivity index (χ3n) is 5.20. The Labute approximate surface area is 192 Å². The molecule has 172 valence electrons. The van der Waals surface area contributed by atoms with Crippen LogP contribution < -0.4 is 15.2 Å². The standard InChI is InChI=1S/C22H23N5O4S2/c1-14-7-12-20(15(2)13-14)33(30,31)27-22-21(25-18-5-3-4-6-19(18)26-22)24-16-8-10-17(11-9-16)32(23,28)29/h3-12,15H,13H2,1-2H3,(H,24,25)(H,26,27)(H2,23,28,29). The lowest BCUT2D eigenvalue weighted by Gasteiger charge is -2.21. The fourth-order valence-electron chi connectivity index (χ4n) is 3.60. The molecule has 0 saturated carbocycles. The van der Waals surface area contributed by atoms with Crippen LogP contribution in [0, 0.1) is 5.92 Å². The molecule has 11 heteroatoms. The summed E-state index contributed by atoms with van der Waals surface area (Å²) in [5, 5.41) is 8.17. The number of allylic oxidation sites excluding steroid dienone is 4. The van der Waals surface area contributed by atoms with Gasteiger partial charge in [0.15, 0.2) is 11.6 Å². The number of fused-ring (bicyclic) bond motifs is 1. The molecule has 1 aliphatic rings. The highest BCUT2D eigenvalue weighted by atomic mass is 32.2. The third-order valence-corrected chi connectivity index (χ3v) is 7.75. The van der Waals surface area contributed by atoms with Crippen LogP contribution in [0.1, 0.15) is 20.3 Å². The normalized spacial score (nSPS) is 16.8. The molecule has 2 aromatic carbocycles. The summed E-state index contributed by atoms with van der Waals surface area (Å²) in [4.78, 5) is 9.23. The van der Waals surface area contributed by atoms with Gasteiger partial charge >= 0.3 is 0 Å². The molecule has 1 unspecified atom stereocenters. The van der Waals surface area contributed by atoms with E-state index in [1.54, 1.807) is 36.4 Å². The molecule has 4 N–H and O–H groups in total. The molecular weight excluding hydrogens is 462 g/mol. The van der Waals surface area contributed by atoms with Gasteiger partial charge in [0.1, 0.15) is 0 Å². The third kappa shape index (κ3) is 5.05. The summed E-state index contributed by atoms with van der Waals surface area (Å²) in [6.07, 6.45) is 4.06. The zero-order valence-corrected chi connectivity index (χ0v) is 19.6. The maximum Gasteiger partial charge on any atom is 0.259 e. The minimum absolute atomic E-state index is 0.0311. The fourth-order valence-corrected chi connectivity index (χ4v) is 5.49. The predicted octanol–water partition coefficient (Wildman–Crippen LogP) is 3.63. The van der Waals surface area contributed by atoms with Gasteiger partial charge < -0.3 is 5.32 Å². The highest BCUT2D eigenvalue weighted by molar-refractivity contribution is 7.96. The maximum absolute atomic E-state index is 13.2. The zero-order chi connectivity index (χ0) is 23.8. The van der Waals surface area contributed by atoms with Crippen molar-refractivity contribution in [1.29, 1.82) is 0 Å². The molecule has 3 aromatic rings. The molecule has 0 saturated heterocycles. The Kier molecular flexibility index (Phi) is 5.95. The molecule has 0 spiro atoms. The second kappa shape index (κ2) is 8.58. The molecule has 1 aromatic heterocycles. The van der Waals surface area contributed by atoms with Gasteiger partial charge in [-0.3, -0.25) is 4.72 Å². The quantitative estimate of drug-likeness (QED) is 0.483. The van der Waals surface area contributed by atoms with Gasteiger partial charge in [0.2, 0.25) is 10.0 Å². The van der Waals surface area contributed by atoms with E-state index in [1.807, 2.05) is 13.8 Å². The molecule has 0 aliphatic heterocycles. The smallest absolute Gasteiger partial charge is 0.259 e. The summed E-state index contributed by atoms with van der Waals surface area (Å²) in [5.74, 6) is 0.0306. The van der Waals surface area contributed by atoms with E-state index in [0.29, 0.717) is 23.1 Å². The number of primary sulfonamides is 1. The Morgan fingerprint density at radius 1 is 0.909 bits per heavy atom. The first-order valence-corrected chi connectivity index (χ1v) is 13.1. The summed E-state index contributed by atoms with van der Waals surface area (Å²) in [7, 11) is -7.72. The number of sulfonamides is 2. The first kappa shape index (κ1) is 22.9. The lowest BCUT2D eigenvalue weighted by molar-refractivity contribution is 0.592. The molecule has 33 heavy (non-hydrogen) atoms. The van der Waals surface area contributed by atoms with Gasteiger partial charge in [-0.1, -0.05) is 30.7 Å². The van der Waals surface area contributed by atoms with Gasteiger partial charge in [-0.25, -0.2) is 31.9 Å². The van der Waals surface area contributed by atoms with E-state index in [9.17, 15) is 16.8 Å². The fraction of sp³-hybridized carbons (Fsp3) is 0.182. The van der Waals surface area contributed by atoms with Crippen LogP contribution in [0.15, 0.2) is 76.1 Å². The van der Waals surface area contributed by atoms with Crippen molar-refractivity contribution in [3.63, 3.8) is 0 Å². The van der Waals surface area contributed by atoms with Crippen LogP contribution >= 0.6 is 0 Å². The van der Waals surface area contributed by atoms with Crippen molar-refractivity contribution in [3.8, 4) is 0 Å². The second-order valence-electron chi connectivity index (χ2n) is 7.90. The molecule has 0 bridgehead atoms. The number of aromatic nitrogens is 2. The van der Waals surface area contributed by atoms with Gasteiger partial charge in [-0.15, -0.1) is 0 Å². The predicted molar refractivity (Wildman–Crippen MR) is 129 cm³/mol. The van der Waals surface area contributed by atoms with Crippen LogP contribution in [0.5, 0.6) is 0 Å². The van der Waals surface area contributed by atoms with Crippen molar-refractivity contribution in [2.75, 3.05) is 10.0 Å². The van der Waals surface area contributed by atoms with Crippen molar-refractivity contribution in [2.45, 2.75) is 25.2 Å². The van der Waals surface area contributed by atoms with Crippen molar-refractivity contribution in [2.24, 2.45) is 11.1 Å². The molecule has 1 aliphatic carbocycles. The number of rotatable bonds is 6. The molecule has 0 amide bonds. The Morgan fingerprint density at radius 3 is 2.09 bits per heavy atom. The van der Waals surface area contributed by atoms with Crippen molar-refractivity contribution >= 4 is 48.4 Å². The van der Waals surface area contributed by atoms with E-state index in [0.717, 1.165) is 5.57 Å². The largest absolute Gasteiger partial charge is 0.337 e. The number of nitrogens with two attached hydrogens (primary N) is 1. The van der Waals surface area contributed by atoms with E-state index in [-0.39, 0.29) is 27.4 Å². The average molecular weight is 486 g/mol. The Hall–Kier alpha value is -3.28. The topological polar surface area (TPSA) is 144 Å². The number of anilines is 3. The molecule has 4 rings (SSSR count). The number of benzene rings is 2. The minimum Gasteiger partial charge on any atom is -0.337 e. The van der Waals surface area contributed by atoms with Crippen LogP contribution in [0.4, 0.5) is 17.3 Å². The maximum atomic E-state index is 13.2. The molecule has 0 fully saturated rings. The van der Waals surface area contributed by atoms with E-state index in [4.69, 9.17) is 5.14 Å². The van der Waals surface area contributed by atoms with Gasteiger partial charge in [0.25, 0.3) is 10.0 Å². The van der Waals surface area contributed by atoms with Crippen LogP contribution in [-0.2, 0) is 20.0 Å². The Balaban J connectivity index is 1.74. The van der Waals surface area contributed by atoms with Gasteiger partial charge in [-0.2, -0.15) is 0 Å². The second-order valence-corrected chi connectivity index (χ2v) is 11.1. The van der Waals surface area contributed by atoms with Crippen molar-refractivity contribution in [3.05, 3.63) is 71.2 Å². The summed E-state index contributed by atoms with van der Waals surface area (Å²) in [6, 6.07) is 12.8. The molecule has 1 atom stereocenters. The summed E-state index contributed by atoms with van der Waals surface area (Å²) in [6.45, 7) is 3.82.